The monoisotopic (exact) mass is 364 g/mol. The molecule has 0 atom stereocenters. The second-order valence-corrected chi connectivity index (χ2v) is 6.14. The number of furan rings is 1. The average molecular weight is 364 g/mol. The maximum atomic E-state index is 12.2. The van der Waals surface area contributed by atoms with Crippen LogP contribution in [0.2, 0.25) is 0 Å². The standard InChI is InChI=1S/C19H16N4O4/c1-11-14(12(2)23-19(22-11)20-10-21-23)8-18(25)26-9-15(24)17-7-13-5-3-4-6-16(13)27-17/h3-7,10H,8-9H2,1-2H3. The number of carbonyl (C=O) groups excluding carboxylic acids is 2. The highest BCUT2D eigenvalue weighted by Gasteiger charge is 2.18. The van der Waals surface area contributed by atoms with Crippen molar-refractivity contribution in [1.29, 1.82) is 0 Å². The van der Waals surface area contributed by atoms with E-state index in [1.54, 1.807) is 23.6 Å². The van der Waals surface area contributed by atoms with Gasteiger partial charge in [0, 0.05) is 22.3 Å². The van der Waals surface area contributed by atoms with Gasteiger partial charge in [-0.15, -0.1) is 0 Å². The van der Waals surface area contributed by atoms with E-state index >= 15 is 0 Å². The third-order valence-corrected chi connectivity index (χ3v) is 4.37. The lowest BCUT2D eigenvalue weighted by Gasteiger charge is -2.10. The molecule has 0 fully saturated rings. The summed E-state index contributed by atoms with van der Waals surface area (Å²) in [5.41, 5.74) is 2.75. The molecule has 8 nitrogen and oxygen atoms in total. The Labute approximate surface area is 153 Å². The minimum Gasteiger partial charge on any atom is -0.457 e. The fourth-order valence-corrected chi connectivity index (χ4v) is 2.94. The molecule has 1 aromatic carbocycles. The number of ether oxygens (including phenoxy) is 1. The minimum atomic E-state index is -0.521. The van der Waals surface area contributed by atoms with E-state index in [4.69, 9.17) is 9.15 Å². The molecule has 0 saturated heterocycles. The number of nitrogens with zero attached hydrogens (tertiary/aromatic N) is 4. The summed E-state index contributed by atoms with van der Waals surface area (Å²) in [7, 11) is 0. The third-order valence-electron chi connectivity index (χ3n) is 4.37. The molecular weight excluding hydrogens is 348 g/mol. The predicted molar refractivity (Wildman–Crippen MR) is 95.5 cm³/mol. The van der Waals surface area contributed by atoms with Crippen LogP contribution < -0.4 is 0 Å². The van der Waals surface area contributed by atoms with Gasteiger partial charge in [-0.1, -0.05) is 18.2 Å². The van der Waals surface area contributed by atoms with Crippen molar-refractivity contribution >= 4 is 28.5 Å². The van der Waals surface area contributed by atoms with Crippen LogP contribution in [0.3, 0.4) is 0 Å². The number of esters is 1. The average Bonchev–Trinajstić information content (AvgIpc) is 3.29. The zero-order valence-electron chi connectivity index (χ0n) is 14.8. The Morgan fingerprint density at radius 2 is 2.04 bits per heavy atom. The number of carbonyl (C=O) groups is 2. The smallest absolute Gasteiger partial charge is 0.310 e. The van der Waals surface area contributed by atoms with Crippen LogP contribution >= 0.6 is 0 Å². The second kappa shape index (κ2) is 6.64. The molecule has 0 aliphatic rings. The second-order valence-electron chi connectivity index (χ2n) is 6.14. The number of hydrogen-bond donors (Lipinski definition) is 0. The Balaban J connectivity index is 1.44. The number of Topliss-reactive ketones (excluding diaryl/α,β-unsaturated/α-hetero) is 1. The van der Waals surface area contributed by atoms with Crippen molar-refractivity contribution in [2.45, 2.75) is 20.3 Å². The topological polar surface area (TPSA) is 99.6 Å². The molecule has 8 heteroatoms. The Kier molecular flexibility index (Phi) is 4.15. The lowest BCUT2D eigenvalue weighted by atomic mass is 10.1. The first-order chi connectivity index (χ1) is 13.0. The molecule has 4 aromatic rings. The van der Waals surface area contributed by atoms with Crippen molar-refractivity contribution in [2.24, 2.45) is 0 Å². The van der Waals surface area contributed by atoms with Gasteiger partial charge in [0.1, 0.15) is 11.9 Å². The van der Waals surface area contributed by atoms with Crippen molar-refractivity contribution in [2.75, 3.05) is 6.61 Å². The van der Waals surface area contributed by atoms with Gasteiger partial charge in [0.15, 0.2) is 12.4 Å². The van der Waals surface area contributed by atoms with Crippen LogP contribution in [0.15, 0.2) is 41.1 Å². The Morgan fingerprint density at radius 1 is 1.22 bits per heavy atom. The predicted octanol–water partition coefficient (Wildman–Crippen LogP) is 2.46. The first-order valence-electron chi connectivity index (χ1n) is 8.36. The van der Waals surface area contributed by atoms with Crippen LogP contribution in [0.4, 0.5) is 0 Å². The summed E-state index contributed by atoms with van der Waals surface area (Å²) in [6, 6.07) is 8.95. The van der Waals surface area contributed by atoms with Crippen molar-refractivity contribution < 1.29 is 18.7 Å². The minimum absolute atomic E-state index is 0.00607. The van der Waals surface area contributed by atoms with Crippen molar-refractivity contribution in [1.82, 2.24) is 19.6 Å². The Bertz CT molecular complexity index is 1140. The van der Waals surface area contributed by atoms with Gasteiger partial charge in [-0.2, -0.15) is 10.1 Å². The van der Waals surface area contributed by atoms with Crippen molar-refractivity contribution in [3.63, 3.8) is 0 Å². The van der Waals surface area contributed by atoms with Gasteiger partial charge in [-0.3, -0.25) is 9.59 Å². The zero-order chi connectivity index (χ0) is 19.0. The highest BCUT2D eigenvalue weighted by molar-refractivity contribution is 5.99. The van der Waals surface area contributed by atoms with Gasteiger partial charge >= 0.3 is 5.97 Å². The molecule has 0 radical (unpaired) electrons. The number of ketones is 1. The summed E-state index contributed by atoms with van der Waals surface area (Å²) in [5.74, 6) is -0.269. The van der Waals surface area contributed by atoms with Gasteiger partial charge < -0.3 is 9.15 Å². The van der Waals surface area contributed by atoms with Crippen LogP contribution in [0.25, 0.3) is 16.7 Å². The molecule has 0 unspecified atom stereocenters. The van der Waals surface area contributed by atoms with Gasteiger partial charge in [0.2, 0.25) is 5.78 Å². The van der Waals surface area contributed by atoms with E-state index in [2.05, 4.69) is 15.1 Å². The molecule has 3 heterocycles. The van der Waals surface area contributed by atoms with Gasteiger partial charge in [0.05, 0.1) is 6.42 Å². The molecule has 3 aromatic heterocycles. The maximum Gasteiger partial charge on any atom is 0.310 e. The van der Waals surface area contributed by atoms with Gasteiger partial charge in [-0.25, -0.2) is 9.50 Å². The van der Waals surface area contributed by atoms with Crippen molar-refractivity contribution in [3.8, 4) is 0 Å². The van der Waals surface area contributed by atoms with Crippen LogP contribution in [0.1, 0.15) is 27.5 Å². The van der Waals surface area contributed by atoms with Gasteiger partial charge in [0.25, 0.3) is 5.78 Å². The van der Waals surface area contributed by atoms with E-state index in [0.717, 1.165) is 11.1 Å². The molecule has 0 aliphatic carbocycles. The largest absolute Gasteiger partial charge is 0.457 e. The number of para-hydroxylation sites is 1. The highest BCUT2D eigenvalue weighted by atomic mass is 16.5. The molecule has 0 amide bonds. The summed E-state index contributed by atoms with van der Waals surface area (Å²) in [6.45, 7) is 3.25. The highest BCUT2D eigenvalue weighted by Crippen LogP contribution is 2.19. The van der Waals surface area contributed by atoms with Crippen LogP contribution in [-0.2, 0) is 16.0 Å². The number of rotatable bonds is 5. The molecule has 0 N–H and O–H groups in total. The van der Waals surface area contributed by atoms with E-state index in [-0.39, 0.29) is 18.8 Å². The maximum absolute atomic E-state index is 12.2. The summed E-state index contributed by atoms with van der Waals surface area (Å²) >= 11 is 0. The first-order valence-corrected chi connectivity index (χ1v) is 8.36. The normalized spacial score (nSPS) is 11.2. The number of benzene rings is 1. The molecule has 0 aliphatic heterocycles. The zero-order valence-corrected chi connectivity index (χ0v) is 14.8. The molecular formula is C19H16N4O4. The quantitative estimate of drug-likeness (QED) is 0.396. The summed E-state index contributed by atoms with van der Waals surface area (Å²) in [5, 5.41) is 4.91. The molecule has 136 valence electrons. The van der Waals surface area contributed by atoms with Crippen LogP contribution in [-0.4, -0.2) is 37.9 Å². The van der Waals surface area contributed by atoms with Crippen LogP contribution in [0, 0.1) is 13.8 Å². The Morgan fingerprint density at radius 3 is 2.85 bits per heavy atom. The SMILES string of the molecule is Cc1nc2ncnn2c(C)c1CC(=O)OCC(=O)c1cc2ccccc2o1. The summed E-state index contributed by atoms with van der Waals surface area (Å²) in [4.78, 5) is 32.8. The molecule has 0 bridgehead atoms. The van der Waals surface area contributed by atoms with E-state index < -0.39 is 11.8 Å². The van der Waals surface area contributed by atoms with Crippen molar-refractivity contribution in [3.05, 3.63) is 59.4 Å². The van der Waals surface area contributed by atoms with Crippen LogP contribution in [0.5, 0.6) is 0 Å². The lowest BCUT2D eigenvalue weighted by Crippen LogP contribution is -2.17. The fraction of sp³-hybridized carbons (Fsp3) is 0.211. The Hall–Kier alpha value is -3.55. The number of fused-ring (bicyclic) bond motifs is 2. The van der Waals surface area contributed by atoms with E-state index in [0.29, 0.717) is 22.6 Å². The van der Waals surface area contributed by atoms with E-state index in [1.165, 1.54) is 6.33 Å². The number of aromatic nitrogens is 4. The summed E-state index contributed by atoms with van der Waals surface area (Å²) in [6.07, 6.45) is 1.40. The molecule has 0 spiro atoms. The summed E-state index contributed by atoms with van der Waals surface area (Å²) < 4.78 is 12.2. The molecule has 4 rings (SSSR count). The number of aryl methyl sites for hydroxylation is 2. The lowest BCUT2D eigenvalue weighted by molar-refractivity contribution is -0.141. The fourth-order valence-electron chi connectivity index (χ4n) is 2.94. The van der Waals surface area contributed by atoms with E-state index in [9.17, 15) is 9.59 Å². The number of hydrogen-bond acceptors (Lipinski definition) is 7. The third kappa shape index (κ3) is 3.17. The van der Waals surface area contributed by atoms with E-state index in [1.807, 2.05) is 25.1 Å². The first kappa shape index (κ1) is 16.9. The van der Waals surface area contributed by atoms with Gasteiger partial charge in [-0.05, 0) is 26.0 Å². The molecule has 0 saturated carbocycles. The molecule has 27 heavy (non-hydrogen) atoms.